The van der Waals surface area contributed by atoms with E-state index in [1.807, 2.05) is 13.1 Å². The van der Waals surface area contributed by atoms with Crippen LogP contribution in [0.1, 0.15) is 32.3 Å². The molecule has 0 saturated heterocycles. The Morgan fingerprint density at radius 2 is 1.72 bits per heavy atom. The van der Waals surface area contributed by atoms with E-state index in [0.717, 1.165) is 11.5 Å². The van der Waals surface area contributed by atoms with Gasteiger partial charge in [0.15, 0.2) is 11.5 Å². The number of hydrogen-bond donors (Lipinski definition) is 1. The molecule has 0 aromatic heterocycles. The van der Waals surface area contributed by atoms with Crippen LogP contribution in [0, 0.1) is 5.92 Å². The van der Waals surface area contributed by atoms with Gasteiger partial charge in [-0.15, -0.1) is 0 Å². The second-order valence-corrected chi connectivity index (χ2v) is 5.25. The molecule has 0 amide bonds. The highest BCUT2D eigenvalue weighted by atomic mass is 16.6. The van der Waals surface area contributed by atoms with E-state index in [1.165, 1.54) is 5.56 Å². The maximum absolute atomic E-state index is 5.64. The van der Waals surface area contributed by atoms with E-state index in [-0.39, 0.29) is 0 Å². The van der Waals surface area contributed by atoms with Gasteiger partial charge in [0.2, 0.25) is 0 Å². The summed E-state index contributed by atoms with van der Waals surface area (Å²) < 4.78 is 11.2. The summed E-state index contributed by atoms with van der Waals surface area (Å²) in [6.45, 7) is 8.04. The zero-order valence-electron chi connectivity index (χ0n) is 11.7. The largest absolute Gasteiger partial charge is 0.486 e. The van der Waals surface area contributed by atoms with Gasteiger partial charge in [-0.3, -0.25) is 0 Å². The predicted octanol–water partition coefficient (Wildman–Crippen LogP) is 2.81. The molecule has 0 saturated carbocycles. The first kappa shape index (κ1) is 13.2. The van der Waals surface area contributed by atoms with Crippen molar-refractivity contribution in [1.29, 1.82) is 0 Å². The number of rotatable bonds is 4. The van der Waals surface area contributed by atoms with Crippen LogP contribution < -0.4 is 14.8 Å². The van der Waals surface area contributed by atoms with Gasteiger partial charge in [-0.05, 0) is 36.6 Å². The summed E-state index contributed by atoms with van der Waals surface area (Å²) in [5.74, 6) is 2.79. The normalized spacial score (nSPS) is 17.6. The average Bonchev–Trinajstić information content (AvgIpc) is 2.38. The quantitative estimate of drug-likeness (QED) is 0.890. The monoisotopic (exact) mass is 249 g/mol. The number of hydrogen-bond acceptors (Lipinski definition) is 3. The molecule has 2 atom stereocenters. The lowest BCUT2D eigenvalue weighted by Crippen LogP contribution is -2.35. The minimum atomic E-state index is 0.450. The summed E-state index contributed by atoms with van der Waals surface area (Å²) in [6.07, 6.45) is 0. The van der Waals surface area contributed by atoms with Crippen molar-refractivity contribution in [1.82, 2.24) is 5.32 Å². The Balaban J connectivity index is 2.22. The van der Waals surface area contributed by atoms with Crippen molar-refractivity contribution in [2.24, 2.45) is 5.92 Å². The Bertz CT molecular complexity index is 403. The van der Waals surface area contributed by atoms with Gasteiger partial charge in [-0.2, -0.15) is 0 Å². The SMILES string of the molecule is CNC(C(C)C)C(C)c1ccc2c(c1)OCCO2. The maximum Gasteiger partial charge on any atom is 0.161 e. The van der Waals surface area contributed by atoms with Gasteiger partial charge in [-0.1, -0.05) is 26.8 Å². The van der Waals surface area contributed by atoms with E-state index < -0.39 is 0 Å². The molecule has 1 aliphatic heterocycles. The van der Waals surface area contributed by atoms with E-state index in [4.69, 9.17) is 9.47 Å². The number of nitrogens with one attached hydrogen (secondary N) is 1. The van der Waals surface area contributed by atoms with Crippen LogP contribution in [-0.2, 0) is 0 Å². The highest BCUT2D eigenvalue weighted by Gasteiger charge is 2.22. The van der Waals surface area contributed by atoms with Crippen LogP contribution in [0.4, 0.5) is 0 Å². The summed E-state index contributed by atoms with van der Waals surface area (Å²) in [5.41, 5.74) is 1.30. The summed E-state index contributed by atoms with van der Waals surface area (Å²) in [6, 6.07) is 6.75. The highest BCUT2D eigenvalue weighted by Crippen LogP contribution is 2.34. The lowest BCUT2D eigenvalue weighted by atomic mass is 9.86. The Labute approximate surface area is 109 Å². The molecule has 1 aromatic carbocycles. The first-order chi connectivity index (χ1) is 8.63. The fourth-order valence-corrected chi connectivity index (χ4v) is 2.71. The highest BCUT2D eigenvalue weighted by molar-refractivity contribution is 5.45. The Morgan fingerprint density at radius 1 is 1.06 bits per heavy atom. The van der Waals surface area contributed by atoms with Crippen molar-refractivity contribution < 1.29 is 9.47 Å². The molecule has 100 valence electrons. The van der Waals surface area contributed by atoms with E-state index >= 15 is 0 Å². The first-order valence-corrected chi connectivity index (χ1v) is 6.70. The zero-order valence-corrected chi connectivity index (χ0v) is 11.7. The van der Waals surface area contributed by atoms with Crippen molar-refractivity contribution in [2.75, 3.05) is 20.3 Å². The van der Waals surface area contributed by atoms with Gasteiger partial charge in [-0.25, -0.2) is 0 Å². The lowest BCUT2D eigenvalue weighted by molar-refractivity contribution is 0.171. The fraction of sp³-hybridized carbons (Fsp3) is 0.600. The minimum Gasteiger partial charge on any atom is -0.486 e. The van der Waals surface area contributed by atoms with Crippen molar-refractivity contribution in [3.63, 3.8) is 0 Å². The Morgan fingerprint density at radius 3 is 2.33 bits per heavy atom. The maximum atomic E-state index is 5.64. The van der Waals surface area contributed by atoms with Crippen LogP contribution in [0.2, 0.25) is 0 Å². The molecule has 2 rings (SSSR count). The second-order valence-electron chi connectivity index (χ2n) is 5.25. The van der Waals surface area contributed by atoms with Crippen LogP contribution in [0.3, 0.4) is 0 Å². The summed E-state index contributed by atoms with van der Waals surface area (Å²) in [7, 11) is 2.03. The molecular formula is C15H23NO2. The number of fused-ring (bicyclic) bond motifs is 1. The van der Waals surface area contributed by atoms with Gasteiger partial charge in [0.05, 0.1) is 0 Å². The molecule has 2 unspecified atom stereocenters. The summed E-state index contributed by atoms with van der Waals surface area (Å²) in [4.78, 5) is 0. The standard InChI is InChI=1S/C15H23NO2/c1-10(2)15(16-4)11(3)12-5-6-13-14(9-12)18-8-7-17-13/h5-6,9-11,15-16H,7-8H2,1-4H3. The molecule has 3 heteroatoms. The third-order valence-electron chi connectivity index (χ3n) is 3.68. The smallest absolute Gasteiger partial charge is 0.161 e. The number of benzene rings is 1. The van der Waals surface area contributed by atoms with Crippen LogP contribution in [-0.4, -0.2) is 26.3 Å². The molecule has 3 nitrogen and oxygen atoms in total. The van der Waals surface area contributed by atoms with Gasteiger partial charge < -0.3 is 14.8 Å². The molecule has 0 aliphatic carbocycles. The van der Waals surface area contributed by atoms with Gasteiger partial charge in [0, 0.05) is 6.04 Å². The third-order valence-corrected chi connectivity index (χ3v) is 3.68. The van der Waals surface area contributed by atoms with Crippen molar-refractivity contribution in [2.45, 2.75) is 32.7 Å². The zero-order chi connectivity index (χ0) is 13.1. The molecule has 0 radical (unpaired) electrons. The second kappa shape index (κ2) is 5.61. The van der Waals surface area contributed by atoms with Crippen LogP contribution in [0.5, 0.6) is 11.5 Å². The first-order valence-electron chi connectivity index (χ1n) is 6.70. The van der Waals surface area contributed by atoms with Crippen LogP contribution in [0.15, 0.2) is 18.2 Å². The molecule has 1 heterocycles. The lowest BCUT2D eigenvalue weighted by Gasteiger charge is -2.28. The average molecular weight is 249 g/mol. The van der Waals surface area contributed by atoms with Crippen molar-refractivity contribution >= 4 is 0 Å². The van der Waals surface area contributed by atoms with Gasteiger partial charge in [0.1, 0.15) is 13.2 Å². The van der Waals surface area contributed by atoms with Crippen molar-refractivity contribution in [3.05, 3.63) is 23.8 Å². The molecule has 1 N–H and O–H groups in total. The van der Waals surface area contributed by atoms with Crippen LogP contribution in [0.25, 0.3) is 0 Å². The third kappa shape index (κ3) is 2.61. The molecule has 0 fully saturated rings. The number of ether oxygens (including phenoxy) is 2. The summed E-state index contributed by atoms with van der Waals surface area (Å²) in [5, 5.41) is 3.41. The summed E-state index contributed by atoms with van der Waals surface area (Å²) >= 11 is 0. The number of likely N-dealkylation sites (N-methyl/N-ethyl adjacent to an activating group) is 1. The molecule has 1 aromatic rings. The van der Waals surface area contributed by atoms with Gasteiger partial charge in [0.25, 0.3) is 0 Å². The minimum absolute atomic E-state index is 0.450. The molecule has 18 heavy (non-hydrogen) atoms. The van der Waals surface area contributed by atoms with Crippen molar-refractivity contribution in [3.8, 4) is 11.5 Å². The van der Waals surface area contributed by atoms with E-state index in [1.54, 1.807) is 0 Å². The molecule has 1 aliphatic rings. The van der Waals surface area contributed by atoms with E-state index in [2.05, 4.69) is 38.2 Å². The predicted molar refractivity (Wildman–Crippen MR) is 73.5 cm³/mol. The molecule has 0 spiro atoms. The fourth-order valence-electron chi connectivity index (χ4n) is 2.71. The topological polar surface area (TPSA) is 30.5 Å². The molecular weight excluding hydrogens is 226 g/mol. The van der Waals surface area contributed by atoms with Crippen LogP contribution >= 0.6 is 0 Å². The molecule has 0 bridgehead atoms. The Hall–Kier alpha value is -1.22. The van der Waals surface area contributed by atoms with E-state index in [9.17, 15) is 0 Å². The Kier molecular flexibility index (Phi) is 4.12. The van der Waals surface area contributed by atoms with Gasteiger partial charge >= 0.3 is 0 Å². The van der Waals surface area contributed by atoms with E-state index in [0.29, 0.717) is 31.1 Å².